The van der Waals surface area contributed by atoms with Crippen molar-refractivity contribution in [2.45, 2.75) is 26.7 Å². The molecule has 0 bridgehead atoms. The van der Waals surface area contributed by atoms with Crippen LogP contribution in [0.3, 0.4) is 0 Å². The van der Waals surface area contributed by atoms with Crippen LogP contribution in [0.1, 0.15) is 25.3 Å². The number of hydrogen-bond donors (Lipinski definition) is 3. The Balaban J connectivity index is 0.00000529. The number of aliphatic imine (C=N–C) groups is 1. The van der Waals surface area contributed by atoms with E-state index in [1.807, 2.05) is 0 Å². The molecule has 3 N–H and O–H groups in total. The molecule has 0 heterocycles. The molecule has 0 saturated carbocycles. The van der Waals surface area contributed by atoms with Crippen LogP contribution in [0.15, 0.2) is 23.2 Å². The van der Waals surface area contributed by atoms with E-state index in [0.29, 0.717) is 11.5 Å². The molecule has 138 valence electrons. The monoisotopic (exact) mass is 472 g/mol. The zero-order chi connectivity index (χ0) is 17.3. The Morgan fingerprint density at radius 3 is 2.50 bits per heavy atom. The van der Waals surface area contributed by atoms with Crippen molar-refractivity contribution in [3.8, 4) is 0 Å². The summed E-state index contributed by atoms with van der Waals surface area (Å²) >= 11 is 0. The van der Waals surface area contributed by atoms with Gasteiger partial charge in [0.05, 0.1) is 11.4 Å². The molecule has 1 aromatic rings. The second-order valence-corrected chi connectivity index (χ2v) is 7.01. The van der Waals surface area contributed by atoms with E-state index in [1.165, 1.54) is 18.2 Å². The van der Waals surface area contributed by atoms with E-state index in [-0.39, 0.29) is 42.0 Å². The van der Waals surface area contributed by atoms with E-state index in [1.54, 1.807) is 14.0 Å². The summed E-state index contributed by atoms with van der Waals surface area (Å²) in [6.45, 7) is 4.69. The van der Waals surface area contributed by atoms with Crippen molar-refractivity contribution >= 4 is 45.6 Å². The van der Waals surface area contributed by atoms with Crippen LogP contribution in [0, 0.1) is 12.7 Å². The third-order valence-corrected chi connectivity index (χ3v) is 4.44. The molecule has 0 saturated heterocycles. The Morgan fingerprint density at radius 1 is 1.25 bits per heavy atom. The molecule has 0 radical (unpaired) electrons. The molecule has 0 amide bonds. The molecule has 0 aliphatic carbocycles. The fraction of sp³-hybridized carbons (Fsp3) is 0.533. The summed E-state index contributed by atoms with van der Waals surface area (Å²) in [5, 5.41) is 6.03. The van der Waals surface area contributed by atoms with Crippen molar-refractivity contribution in [1.29, 1.82) is 0 Å². The molecule has 6 nitrogen and oxygen atoms in total. The number of unbranched alkanes of at least 4 members (excludes halogenated alkanes) is 1. The number of aryl methyl sites for hydroxylation is 1. The van der Waals surface area contributed by atoms with Gasteiger partial charge in [-0.1, -0.05) is 19.4 Å². The number of nitrogens with one attached hydrogen (secondary N) is 3. The Kier molecular flexibility index (Phi) is 10.9. The van der Waals surface area contributed by atoms with Gasteiger partial charge < -0.3 is 10.6 Å². The molecule has 0 atom stereocenters. The topological polar surface area (TPSA) is 82.6 Å². The first kappa shape index (κ1) is 22.9. The molecule has 9 heteroatoms. The Hall–Kier alpha value is -1.10. The van der Waals surface area contributed by atoms with E-state index in [2.05, 4.69) is 27.3 Å². The minimum atomic E-state index is -3.56. The lowest BCUT2D eigenvalue weighted by Gasteiger charge is -2.12. The summed E-state index contributed by atoms with van der Waals surface area (Å²) in [4.78, 5) is 4.01. The highest BCUT2D eigenvalue weighted by atomic mass is 127. The molecule has 0 fully saturated rings. The fourth-order valence-corrected chi connectivity index (χ4v) is 2.75. The van der Waals surface area contributed by atoms with Crippen LogP contribution in [0.25, 0.3) is 0 Å². The Morgan fingerprint density at radius 2 is 1.92 bits per heavy atom. The smallest absolute Gasteiger partial charge is 0.234 e. The van der Waals surface area contributed by atoms with Crippen molar-refractivity contribution < 1.29 is 12.8 Å². The van der Waals surface area contributed by atoms with E-state index in [0.717, 1.165) is 19.4 Å². The summed E-state index contributed by atoms with van der Waals surface area (Å²) in [6, 6.07) is 4.24. The standard InChI is InChI=1S/C15H25FN4O2S.HI/c1-4-5-8-18-15(17-3)19-9-10-23(21,22)20-13-7-6-12(2)14(16)11-13;/h6-7,11,20H,4-5,8-10H2,1-3H3,(H2,17,18,19);1H. The Bertz CT molecular complexity index is 638. The van der Waals surface area contributed by atoms with E-state index in [4.69, 9.17) is 0 Å². The first-order valence-electron chi connectivity index (χ1n) is 7.59. The first-order valence-corrected chi connectivity index (χ1v) is 9.24. The maximum absolute atomic E-state index is 13.4. The summed E-state index contributed by atoms with van der Waals surface area (Å²) in [6.07, 6.45) is 2.08. The second kappa shape index (κ2) is 11.5. The van der Waals surface area contributed by atoms with Gasteiger partial charge in [0, 0.05) is 20.1 Å². The van der Waals surface area contributed by atoms with Crippen molar-refractivity contribution in [1.82, 2.24) is 10.6 Å². The van der Waals surface area contributed by atoms with Gasteiger partial charge in [-0.05, 0) is 31.0 Å². The lowest BCUT2D eigenvalue weighted by Crippen LogP contribution is -2.40. The number of guanidine groups is 1. The van der Waals surface area contributed by atoms with Crippen molar-refractivity contribution in [2.75, 3.05) is 30.6 Å². The molecule has 1 aromatic carbocycles. The summed E-state index contributed by atoms with van der Waals surface area (Å²) in [5.41, 5.74) is 0.690. The van der Waals surface area contributed by atoms with Crippen LogP contribution in [0.2, 0.25) is 0 Å². The van der Waals surface area contributed by atoms with Gasteiger partial charge in [-0.3, -0.25) is 9.71 Å². The van der Waals surface area contributed by atoms with Crippen LogP contribution in [-0.4, -0.2) is 40.3 Å². The van der Waals surface area contributed by atoms with Crippen molar-refractivity contribution in [3.63, 3.8) is 0 Å². The van der Waals surface area contributed by atoms with Crippen molar-refractivity contribution in [3.05, 3.63) is 29.6 Å². The lowest BCUT2D eigenvalue weighted by atomic mass is 10.2. The highest BCUT2D eigenvalue weighted by Gasteiger charge is 2.11. The average Bonchev–Trinajstić information content (AvgIpc) is 2.49. The fourth-order valence-electron chi connectivity index (χ4n) is 1.79. The van der Waals surface area contributed by atoms with Crippen molar-refractivity contribution in [2.24, 2.45) is 4.99 Å². The normalized spacial score (nSPS) is 11.6. The molecular weight excluding hydrogens is 446 g/mol. The van der Waals surface area contributed by atoms with E-state index >= 15 is 0 Å². The molecule has 0 aliphatic rings. The average molecular weight is 472 g/mol. The van der Waals surface area contributed by atoms with Gasteiger partial charge in [0.25, 0.3) is 0 Å². The largest absolute Gasteiger partial charge is 0.356 e. The van der Waals surface area contributed by atoms with E-state index in [9.17, 15) is 12.8 Å². The van der Waals surface area contributed by atoms with Gasteiger partial charge in [-0.25, -0.2) is 12.8 Å². The Labute approximate surface area is 160 Å². The third kappa shape index (κ3) is 8.67. The summed E-state index contributed by atoms with van der Waals surface area (Å²) in [7, 11) is -1.93. The molecule has 0 unspecified atom stereocenters. The van der Waals surface area contributed by atoms with Gasteiger partial charge >= 0.3 is 0 Å². The predicted octanol–water partition coefficient (Wildman–Crippen LogP) is 2.46. The number of anilines is 1. The van der Waals surface area contributed by atoms with Gasteiger partial charge in [-0.2, -0.15) is 0 Å². The van der Waals surface area contributed by atoms with Crippen LogP contribution in [0.5, 0.6) is 0 Å². The number of rotatable bonds is 8. The molecule has 24 heavy (non-hydrogen) atoms. The molecule has 0 aromatic heterocycles. The van der Waals surface area contributed by atoms with Gasteiger partial charge in [0.15, 0.2) is 5.96 Å². The van der Waals surface area contributed by atoms with Crippen LogP contribution >= 0.6 is 24.0 Å². The highest BCUT2D eigenvalue weighted by Crippen LogP contribution is 2.14. The number of nitrogens with zero attached hydrogens (tertiary/aromatic N) is 1. The zero-order valence-corrected chi connectivity index (χ0v) is 17.4. The molecular formula is C15H26FIN4O2S. The SMILES string of the molecule is CCCCNC(=NC)NCCS(=O)(=O)Nc1ccc(C)c(F)c1.I. The number of benzene rings is 1. The van der Waals surface area contributed by atoms with Gasteiger partial charge in [-0.15, -0.1) is 24.0 Å². The highest BCUT2D eigenvalue weighted by molar-refractivity contribution is 14.0. The maximum Gasteiger partial charge on any atom is 0.234 e. The third-order valence-electron chi connectivity index (χ3n) is 3.15. The second-order valence-electron chi connectivity index (χ2n) is 5.16. The number of hydrogen-bond acceptors (Lipinski definition) is 3. The predicted molar refractivity (Wildman–Crippen MR) is 108 cm³/mol. The number of halogens is 2. The minimum Gasteiger partial charge on any atom is -0.356 e. The molecule has 0 aliphatic heterocycles. The van der Waals surface area contributed by atoms with Gasteiger partial charge in [0.1, 0.15) is 5.82 Å². The lowest BCUT2D eigenvalue weighted by molar-refractivity contribution is 0.599. The minimum absolute atomic E-state index is 0. The van der Waals surface area contributed by atoms with Crippen LogP contribution in [0.4, 0.5) is 10.1 Å². The maximum atomic E-state index is 13.4. The van der Waals surface area contributed by atoms with E-state index < -0.39 is 15.8 Å². The summed E-state index contributed by atoms with van der Waals surface area (Å²) in [5.74, 6) is -0.0179. The number of sulfonamides is 1. The quantitative estimate of drug-likeness (QED) is 0.235. The van der Waals surface area contributed by atoms with Crippen LogP contribution in [-0.2, 0) is 10.0 Å². The first-order chi connectivity index (χ1) is 10.9. The molecule has 0 spiro atoms. The van der Waals surface area contributed by atoms with Crippen LogP contribution < -0.4 is 15.4 Å². The van der Waals surface area contributed by atoms with Gasteiger partial charge in [0.2, 0.25) is 10.0 Å². The zero-order valence-electron chi connectivity index (χ0n) is 14.2. The summed E-state index contributed by atoms with van der Waals surface area (Å²) < 4.78 is 39.8. The molecule has 1 rings (SSSR count).